The Balaban J connectivity index is 1.35. The molecule has 0 saturated heterocycles. The summed E-state index contributed by atoms with van der Waals surface area (Å²) in [5.41, 5.74) is 3.24. The smallest absolute Gasteiger partial charge is 0.303 e. The first-order valence-electron chi connectivity index (χ1n) is 9.90. The van der Waals surface area contributed by atoms with Gasteiger partial charge in [0.2, 0.25) is 0 Å². The van der Waals surface area contributed by atoms with Gasteiger partial charge in [-0.05, 0) is 43.0 Å². The number of carboxylic acid groups (broad SMARTS) is 1. The molecule has 0 atom stereocenters. The van der Waals surface area contributed by atoms with Crippen LogP contribution in [0.3, 0.4) is 0 Å². The summed E-state index contributed by atoms with van der Waals surface area (Å²) in [6, 6.07) is 10.2. The van der Waals surface area contributed by atoms with Gasteiger partial charge in [-0.3, -0.25) is 4.79 Å². The van der Waals surface area contributed by atoms with Crippen LogP contribution in [0, 0.1) is 0 Å². The van der Waals surface area contributed by atoms with Crippen molar-refractivity contribution in [2.24, 2.45) is 0 Å². The molecular weight excluding hydrogens is 354 g/mol. The van der Waals surface area contributed by atoms with E-state index in [1.807, 2.05) is 27.8 Å². The van der Waals surface area contributed by atoms with E-state index in [1.54, 1.807) is 6.20 Å². The van der Waals surface area contributed by atoms with Crippen LogP contribution in [0.25, 0.3) is 5.69 Å². The molecule has 3 rings (SSSR count). The fraction of sp³-hybridized carbons (Fsp3) is 0.429. The predicted octanol–water partition coefficient (Wildman–Crippen LogP) is 3.87. The lowest BCUT2D eigenvalue weighted by Gasteiger charge is -2.04. The zero-order valence-corrected chi connectivity index (χ0v) is 16.1. The number of aromatic nitrogens is 5. The molecule has 0 spiro atoms. The minimum Gasteiger partial charge on any atom is -0.481 e. The van der Waals surface area contributed by atoms with Crippen LogP contribution >= 0.6 is 0 Å². The Morgan fingerprint density at radius 3 is 2.46 bits per heavy atom. The molecule has 2 aromatic heterocycles. The van der Waals surface area contributed by atoms with E-state index in [1.165, 1.54) is 5.56 Å². The lowest BCUT2D eigenvalue weighted by atomic mass is 10.1. The highest BCUT2D eigenvalue weighted by Crippen LogP contribution is 2.12. The average Bonchev–Trinajstić information content (AvgIpc) is 3.37. The zero-order valence-electron chi connectivity index (χ0n) is 16.1. The number of nitrogens with zero attached hydrogens (tertiary/aromatic N) is 5. The van der Waals surface area contributed by atoms with E-state index in [-0.39, 0.29) is 6.42 Å². The molecule has 2 heterocycles. The molecule has 148 valence electrons. The minimum absolute atomic E-state index is 0.287. The number of carbonyl (C=O) groups is 1. The van der Waals surface area contributed by atoms with E-state index in [0.29, 0.717) is 6.54 Å². The molecule has 3 aromatic rings. The van der Waals surface area contributed by atoms with Crippen LogP contribution in [-0.4, -0.2) is 35.9 Å². The molecule has 1 N–H and O–H groups in total. The largest absolute Gasteiger partial charge is 0.481 e. The first-order valence-corrected chi connectivity index (χ1v) is 9.90. The van der Waals surface area contributed by atoms with Crippen molar-refractivity contribution < 1.29 is 9.90 Å². The maximum Gasteiger partial charge on any atom is 0.303 e. The van der Waals surface area contributed by atoms with Gasteiger partial charge in [-0.25, -0.2) is 9.36 Å². The summed E-state index contributed by atoms with van der Waals surface area (Å²) in [5, 5.41) is 21.3. The maximum atomic E-state index is 10.5. The highest BCUT2D eigenvalue weighted by atomic mass is 16.4. The van der Waals surface area contributed by atoms with Crippen molar-refractivity contribution in [2.45, 2.75) is 57.9 Å². The molecule has 28 heavy (non-hydrogen) atoms. The van der Waals surface area contributed by atoms with E-state index in [4.69, 9.17) is 5.11 Å². The molecule has 0 bridgehead atoms. The number of rotatable bonds is 12. The van der Waals surface area contributed by atoms with Gasteiger partial charge in [0.1, 0.15) is 0 Å². The molecule has 1 aromatic carbocycles. The van der Waals surface area contributed by atoms with Crippen LogP contribution < -0.4 is 0 Å². The highest BCUT2D eigenvalue weighted by Gasteiger charge is 2.03. The average molecular weight is 381 g/mol. The number of unbranched alkanes of at least 4 members (excludes halogenated alkanes) is 5. The zero-order chi connectivity index (χ0) is 19.6. The second-order valence-electron chi connectivity index (χ2n) is 7.04. The fourth-order valence-corrected chi connectivity index (χ4v) is 3.18. The lowest BCUT2D eigenvalue weighted by Crippen LogP contribution is -2.01. The van der Waals surface area contributed by atoms with Gasteiger partial charge in [-0.15, -0.1) is 5.10 Å². The SMILES string of the molecule is O=C(O)CCCCCCCCc1cn(Cc2ccc(-n3cccn3)cc2)nn1. The number of hydrogen-bond acceptors (Lipinski definition) is 4. The summed E-state index contributed by atoms with van der Waals surface area (Å²) < 4.78 is 3.72. The van der Waals surface area contributed by atoms with Crippen molar-refractivity contribution in [1.29, 1.82) is 0 Å². The van der Waals surface area contributed by atoms with Crippen molar-refractivity contribution in [3.05, 3.63) is 60.2 Å². The molecule has 0 aliphatic heterocycles. The van der Waals surface area contributed by atoms with E-state index >= 15 is 0 Å². The summed E-state index contributed by atoms with van der Waals surface area (Å²) in [7, 11) is 0. The van der Waals surface area contributed by atoms with Gasteiger partial charge in [0.05, 0.1) is 17.9 Å². The van der Waals surface area contributed by atoms with Gasteiger partial charge < -0.3 is 5.11 Å². The molecule has 0 unspecified atom stereocenters. The topological polar surface area (TPSA) is 85.8 Å². The highest BCUT2D eigenvalue weighted by molar-refractivity contribution is 5.66. The van der Waals surface area contributed by atoms with Crippen LogP contribution in [0.1, 0.15) is 56.2 Å². The predicted molar refractivity (Wildman–Crippen MR) is 106 cm³/mol. The maximum absolute atomic E-state index is 10.5. The summed E-state index contributed by atoms with van der Waals surface area (Å²) in [5.74, 6) is -0.697. The van der Waals surface area contributed by atoms with Crippen LogP contribution in [0.15, 0.2) is 48.9 Å². The van der Waals surface area contributed by atoms with Crippen LogP contribution in [-0.2, 0) is 17.8 Å². The van der Waals surface area contributed by atoms with Crippen molar-refractivity contribution in [2.75, 3.05) is 0 Å². The van der Waals surface area contributed by atoms with E-state index in [0.717, 1.165) is 56.3 Å². The number of aryl methyl sites for hydroxylation is 1. The van der Waals surface area contributed by atoms with Gasteiger partial charge >= 0.3 is 5.97 Å². The number of hydrogen-bond donors (Lipinski definition) is 1. The second kappa shape index (κ2) is 10.4. The first kappa shape index (κ1) is 19.8. The van der Waals surface area contributed by atoms with Crippen LogP contribution in [0.4, 0.5) is 0 Å². The molecule has 0 amide bonds. The minimum atomic E-state index is -0.697. The van der Waals surface area contributed by atoms with Crippen LogP contribution in [0.2, 0.25) is 0 Å². The normalized spacial score (nSPS) is 11.0. The fourth-order valence-electron chi connectivity index (χ4n) is 3.18. The number of benzene rings is 1. The molecule has 0 saturated carbocycles. The Hall–Kier alpha value is -2.96. The molecule has 7 heteroatoms. The van der Waals surface area contributed by atoms with Crippen molar-refractivity contribution in [1.82, 2.24) is 24.8 Å². The van der Waals surface area contributed by atoms with Gasteiger partial charge in [0.25, 0.3) is 0 Å². The lowest BCUT2D eigenvalue weighted by molar-refractivity contribution is -0.137. The molecule has 0 aliphatic carbocycles. The van der Waals surface area contributed by atoms with Crippen molar-refractivity contribution >= 4 is 5.97 Å². The Morgan fingerprint density at radius 1 is 1.00 bits per heavy atom. The molecule has 0 fully saturated rings. The summed E-state index contributed by atoms with van der Waals surface area (Å²) in [4.78, 5) is 10.5. The Morgan fingerprint density at radius 2 is 1.75 bits per heavy atom. The third kappa shape index (κ3) is 6.33. The Labute approximate surface area is 165 Å². The second-order valence-corrected chi connectivity index (χ2v) is 7.04. The van der Waals surface area contributed by atoms with Crippen molar-refractivity contribution in [3.8, 4) is 5.69 Å². The first-order chi connectivity index (χ1) is 13.7. The van der Waals surface area contributed by atoms with Crippen molar-refractivity contribution in [3.63, 3.8) is 0 Å². The number of carboxylic acids is 1. The quantitative estimate of drug-likeness (QED) is 0.481. The third-order valence-corrected chi connectivity index (χ3v) is 4.71. The Bertz CT molecular complexity index is 840. The Kier molecular flexibility index (Phi) is 7.35. The van der Waals surface area contributed by atoms with Crippen LogP contribution in [0.5, 0.6) is 0 Å². The third-order valence-electron chi connectivity index (χ3n) is 4.71. The molecule has 0 aliphatic rings. The summed E-state index contributed by atoms with van der Waals surface area (Å²) >= 11 is 0. The number of aliphatic carboxylic acids is 1. The summed E-state index contributed by atoms with van der Waals surface area (Å²) in [6.45, 7) is 0.704. The van der Waals surface area contributed by atoms with E-state index in [2.05, 4.69) is 39.7 Å². The molecular formula is C21H27N5O2. The van der Waals surface area contributed by atoms with Gasteiger partial charge in [0.15, 0.2) is 0 Å². The van der Waals surface area contributed by atoms with E-state index in [9.17, 15) is 4.79 Å². The van der Waals surface area contributed by atoms with Gasteiger partial charge in [-0.2, -0.15) is 5.10 Å². The summed E-state index contributed by atoms with van der Waals surface area (Å²) in [6.07, 6.45) is 13.2. The molecule has 7 nitrogen and oxygen atoms in total. The molecule has 0 radical (unpaired) electrons. The van der Waals surface area contributed by atoms with E-state index < -0.39 is 5.97 Å². The standard InChI is InChI=1S/C21H27N5O2/c27-21(28)9-6-4-2-1-3-5-8-19-17-25(24-23-19)16-18-10-12-20(13-11-18)26-15-7-14-22-26/h7,10-15,17H,1-6,8-9,16H2,(H,27,28). The van der Waals surface area contributed by atoms with Gasteiger partial charge in [-0.1, -0.05) is 43.0 Å². The van der Waals surface area contributed by atoms with Gasteiger partial charge in [0, 0.05) is 25.0 Å². The monoisotopic (exact) mass is 381 g/mol.